The molecule has 0 bridgehead atoms. The Kier molecular flexibility index (Phi) is 7.41. The fourth-order valence-electron chi connectivity index (χ4n) is 1.05. The van der Waals surface area contributed by atoms with Crippen LogP contribution in [0.4, 0.5) is 4.79 Å². The number of carbonyl (C=O) groups excluding carboxylic acids is 1. The van der Waals surface area contributed by atoms with Crippen LogP contribution in [-0.4, -0.2) is 34.1 Å². The molecule has 0 saturated carbocycles. The molecule has 1 N–H and O–H groups in total. The van der Waals surface area contributed by atoms with E-state index in [9.17, 15) is 4.79 Å². The number of rotatable bonds is 6. The molecule has 1 amide bonds. The van der Waals surface area contributed by atoms with E-state index in [-0.39, 0.29) is 6.09 Å². The molecule has 0 aliphatic carbocycles. The van der Waals surface area contributed by atoms with Gasteiger partial charge in [0.25, 0.3) is 0 Å². The fraction of sp³-hybridized carbons (Fsp3) is 0.909. The first-order valence-corrected chi connectivity index (χ1v) is 7.47. The summed E-state index contributed by atoms with van der Waals surface area (Å²) < 4.78 is 10.6. The Morgan fingerprint density at radius 2 is 2.00 bits per heavy atom. The van der Waals surface area contributed by atoms with Crippen molar-refractivity contribution in [1.29, 1.82) is 0 Å². The van der Waals surface area contributed by atoms with Crippen LogP contribution >= 0.6 is 0 Å². The third-order valence-corrected chi connectivity index (χ3v) is 3.38. The first kappa shape index (κ1) is 15.4. The van der Waals surface area contributed by atoms with Gasteiger partial charge in [-0.25, -0.2) is 4.79 Å². The summed E-state index contributed by atoms with van der Waals surface area (Å²) in [5.41, 5.74) is -0.417. The van der Waals surface area contributed by atoms with Crippen molar-refractivity contribution in [2.75, 3.05) is 6.54 Å². The summed E-state index contributed by atoms with van der Waals surface area (Å²) in [5.74, 6) is 0. The SMILES string of the molecule is CC(C)O[SiH2]CCCNC(=O)OC(C)(C)C. The van der Waals surface area contributed by atoms with E-state index < -0.39 is 15.4 Å². The Bertz CT molecular complexity index is 202. The van der Waals surface area contributed by atoms with E-state index >= 15 is 0 Å². The highest BCUT2D eigenvalue weighted by molar-refractivity contribution is 6.27. The average Bonchev–Trinajstić information content (AvgIpc) is 2.07. The van der Waals surface area contributed by atoms with Gasteiger partial charge in [0.05, 0.1) is 0 Å². The maximum atomic E-state index is 11.2. The van der Waals surface area contributed by atoms with Crippen molar-refractivity contribution >= 4 is 15.9 Å². The number of hydrogen-bond acceptors (Lipinski definition) is 3. The monoisotopic (exact) mass is 247 g/mol. The topological polar surface area (TPSA) is 47.6 Å². The van der Waals surface area contributed by atoms with Crippen LogP contribution in [0.3, 0.4) is 0 Å². The van der Waals surface area contributed by atoms with Gasteiger partial charge < -0.3 is 14.5 Å². The molecule has 0 aromatic carbocycles. The minimum atomic E-state index is -0.417. The number of amides is 1. The molecule has 5 heteroatoms. The van der Waals surface area contributed by atoms with E-state index in [4.69, 9.17) is 9.16 Å². The van der Waals surface area contributed by atoms with Crippen molar-refractivity contribution in [1.82, 2.24) is 5.32 Å². The second-order valence-electron chi connectivity index (χ2n) is 5.06. The summed E-state index contributed by atoms with van der Waals surface area (Å²) in [7, 11) is -0.407. The third-order valence-electron chi connectivity index (χ3n) is 1.69. The molecule has 0 saturated heterocycles. The molecule has 0 aromatic heterocycles. The van der Waals surface area contributed by atoms with Crippen molar-refractivity contribution in [3.05, 3.63) is 0 Å². The molecule has 4 nitrogen and oxygen atoms in total. The van der Waals surface area contributed by atoms with E-state index in [1.807, 2.05) is 34.6 Å². The molecule has 0 atom stereocenters. The van der Waals surface area contributed by atoms with Crippen molar-refractivity contribution in [3.8, 4) is 0 Å². The Labute approximate surface area is 101 Å². The van der Waals surface area contributed by atoms with Crippen molar-refractivity contribution in [2.24, 2.45) is 0 Å². The molecular formula is C11H25NO3Si. The molecule has 96 valence electrons. The molecule has 0 radical (unpaired) electrons. The van der Waals surface area contributed by atoms with Crippen LogP contribution in [0.25, 0.3) is 0 Å². The largest absolute Gasteiger partial charge is 0.444 e. The second-order valence-corrected chi connectivity index (χ2v) is 6.50. The van der Waals surface area contributed by atoms with Crippen LogP contribution in [0.2, 0.25) is 6.04 Å². The normalized spacial score (nSPS) is 12.4. The summed E-state index contributed by atoms with van der Waals surface area (Å²) in [6.07, 6.45) is 0.975. The maximum Gasteiger partial charge on any atom is 0.407 e. The van der Waals surface area contributed by atoms with Crippen LogP contribution < -0.4 is 5.32 Å². The highest BCUT2D eigenvalue weighted by Gasteiger charge is 2.15. The smallest absolute Gasteiger partial charge is 0.407 e. The first-order valence-electron chi connectivity index (χ1n) is 5.90. The van der Waals surface area contributed by atoms with Gasteiger partial charge in [-0.15, -0.1) is 0 Å². The highest BCUT2D eigenvalue weighted by atomic mass is 28.2. The Morgan fingerprint density at radius 3 is 2.50 bits per heavy atom. The molecule has 0 heterocycles. The third kappa shape index (κ3) is 11.5. The van der Waals surface area contributed by atoms with Crippen LogP contribution in [0.5, 0.6) is 0 Å². The van der Waals surface area contributed by atoms with Gasteiger partial charge in [-0.1, -0.05) is 0 Å². The molecule has 16 heavy (non-hydrogen) atoms. The summed E-state index contributed by atoms with van der Waals surface area (Å²) in [5, 5.41) is 2.73. The van der Waals surface area contributed by atoms with Crippen molar-refractivity contribution in [2.45, 2.75) is 58.8 Å². The zero-order chi connectivity index (χ0) is 12.6. The fourth-order valence-corrected chi connectivity index (χ4v) is 2.14. The summed E-state index contributed by atoms with van der Waals surface area (Å²) in [6.45, 7) is 10.3. The van der Waals surface area contributed by atoms with Gasteiger partial charge in [-0.3, -0.25) is 0 Å². The number of hydrogen-bond donors (Lipinski definition) is 1. The van der Waals surface area contributed by atoms with Gasteiger partial charge >= 0.3 is 6.09 Å². The lowest BCUT2D eigenvalue weighted by atomic mass is 10.2. The summed E-state index contributed by atoms with van der Waals surface area (Å²) in [6, 6.07) is 1.09. The summed E-state index contributed by atoms with van der Waals surface area (Å²) >= 11 is 0. The van der Waals surface area contributed by atoms with Crippen LogP contribution in [0, 0.1) is 0 Å². The lowest BCUT2D eigenvalue weighted by molar-refractivity contribution is 0.0527. The van der Waals surface area contributed by atoms with Crippen molar-refractivity contribution < 1.29 is 14.0 Å². The molecule has 0 rings (SSSR count). The lowest BCUT2D eigenvalue weighted by Gasteiger charge is -2.19. The summed E-state index contributed by atoms with van der Waals surface area (Å²) in [4.78, 5) is 11.2. The minimum Gasteiger partial charge on any atom is -0.444 e. The number of nitrogens with one attached hydrogen (secondary N) is 1. The first-order chi connectivity index (χ1) is 7.31. The van der Waals surface area contributed by atoms with Gasteiger partial charge in [0.1, 0.15) is 5.60 Å². The van der Waals surface area contributed by atoms with E-state index in [2.05, 4.69) is 5.32 Å². The predicted octanol–water partition coefficient (Wildman–Crippen LogP) is 1.83. The van der Waals surface area contributed by atoms with E-state index in [0.717, 1.165) is 12.5 Å². The average molecular weight is 247 g/mol. The van der Waals surface area contributed by atoms with Gasteiger partial charge in [0, 0.05) is 12.6 Å². The van der Waals surface area contributed by atoms with E-state index in [0.29, 0.717) is 12.6 Å². The second kappa shape index (κ2) is 7.68. The molecule has 0 aliphatic heterocycles. The van der Waals surface area contributed by atoms with Crippen molar-refractivity contribution in [3.63, 3.8) is 0 Å². The standard InChI is InChI=1S/C11H25NO3Si/c1-9(2)15-16-8-6-7-12-10(13)14-11(3,4)5/h9H,6-8,16H2,1-5H3,(H,12,13). The van der Waals surface area contributed by atoms with Gasteiger partial charge in [0.15, 0.2) is 9.76 Å². The number of alkyl carbamates (subject to hydrolysis) is 1. The Hall–Kier alpha value is -0.553. The molecular weight excluding hydrogens is 222 g/mol. The maximum absolute atomic E-state index is 11.2. The van der Waals surface area contributed by atoms with E-state index in [1.54, 1.807) is 0 Å². The van der Waals surface area contributed by atoms with Gasteiger partial charge in [-0.05, 0) is 47.1 Å². The number of carbonyl (C=O) groups is 1. The zero-order valence-corrected chi connectivity index (χ0v) is 12.5. The van der Waals surface area contributed by atoms with Crippen LogP contribution in [0.15, 0.2) is 0 Å². The quantitative estimate of drug-likeness (QED) is 0.575. The molecule has 0 spiro atoms. The van der Waals surface area contributed by atoms with Gasteiger partial charge in [0.2, 0.25) is 0 Å². The highest BCUT2D eigenvalue weighted by Crippen LogP contribution is 2.06. The molecule has 0 unspecified atom stereocenters. The van der Waals surface area contributed by atoms with Crippen LogP contribution in [0.1, 0.15) is 41.0 Å². The lowest BCUT2D eigenvalue weighted by Crippen LogP contribution is -2.33. The predicted molar refractivity (Wildman–Crippen MR) is 68.4 cm³/mol. The number of ether oxygens (including phenoxy) is 1. The van der Waals surface area contributed by atoms with Crippen LogP contribution in [-0.2, 0) is 9.16 Å². The van der Waals surface area contributed by atoms with E-state index in [1.165, 1.54) is 0 Å². The Morgan fingerprint density at radius 1 is 1.38 bits per heavy atom. The minimum absolute atomic E-state index is 0.334. The molecule has 0 fully saturated rings. The van der Waals surface area contributed by atoms with Gasteiger partial charge in [-0.2, -0.15) is 0 Å². The molecule has 0 aliphatic rings. The zero-order valence-electron chi connectivity index (χ0n) is 11.1. The Balaban J connectivity index is 3.35. The molecule has 0 aromatic rings.